The van der Waals surface area contributed by atoms with Crippen LogP contribution in [-0.2, 0) is 44.7 Å². The minimum atomic E-state index is -0.545. The van der Waals surface area contributed by atoms with Gasteiger partial charge in [0.25, 0.3) is 0 Å². The topological polar surface area (TPSA) is 83.3 Å². The van der Waals surface area contributed by atoms with E-state index in [0.29, 0.717) is 25.0 Å². The van der Waals surface area contributed by atoms with Gasteiger partial charge in [0.1, 0.15) is 12.1 Å². The number of carbonyl (C=O) groups excluding carboxylic acids is 2. The molecule has 2 N–H and O–H groups in total. The molecule has 2 aromatic rings. The van der Waals surface area contributed by atoms with Gasteiger partial charge in [0, 0.05) is 12.8 Å². The number of hydrogen-bond acceptors (Lipinski definition) is 4. The van der Waals surface area contributed by atoms with Crippen LogP contribution in [0.1, 0.15) is 62.8 Å². The zero-order valence-corrected chi connectivity index (χ0v) is 21.8. The van der Waals surface area contributed by atoms with Crippen molar-refractivity contribution in [2.75, 3.05) is 0 Å². The number of aryl methyl sites for hydroxylation is 2. The van der Waals surface area contributed by atoms with E-state index < -0.39 is 12.1 Å². The van der Waals surface area contributed by atoms with E-state index in [-0.39, 0.29) is 23.0 Å². The summed E-state index contributed by atoms with van der Waals surface area (Å²) in [6.45, 7) is 8.49. The molecule has 3 heterocycles. The van der Waals surface area contributed by atoms with Crippen LogP contribution in [0.4, 0.5) is 0 Å². The van der Waals surface area contributed by atoms with Gasteiger partial charge in [-0.2, -0.15) is 0 Å². The van der Waals surface area contributed by atoms with Gasteiger partial charge in [-0.25, -0.2) is 0 Å². The van der Waals surface area contributed by atoms with Crippen molar-refractivity contribution in [3.63, 3.8) is 0 Å². The van der Waals surface area contributed by atoms with Crippen molar-refractivity contribution >= 4 is 11.8 Å². The Morgan fingerprint density at radius 1 is 0.611 bits per heavy atom. The summed E-state index contributed by atoms with van der Waals surface area (Å²) in [7, 11) is 0. The highest BCUT2D eigenvalue weighted by atomic mass is 16.6. The first-order valence-corrected chi connectivity index (χ1v) is 13.2. The highest BCUT2D eigenvalue weighted by Crippen LogP contribution is 2.39. The Morgan fingerprint density at radius 2 is 0.917 bits per heavy atom. The van der Waals surface area contributed by atoms with E-state index in [0.717, 1.165) is 36.8 Å². The number of nitrogens with one attached hydrogen (secondary N) is 2. The van der Waals surface area contributed by atoms with Crippen LogP contribution < -0.4 is 10.6 Å². The molecule has 3 fully saturated rings. The molecule has 192 valence electrons. The number of amides is 2. The number of rotatable bonds is 10. The third-order valence-electron chi connectivity index (χ3n) is 7.91. The lowest BCUT2D eigenvalue weighted by atomic mass is 9.96. The van der Waals surface area contributed by atoms with E-state index >= 15 is 0 Å². The van der Waals surface area contributed by atoms with Crippen molar-refractivity contribution in [1.29, 1.82) is 0 Å². The van der Waals surface area contributed by atoms with Gasteiger partial charge in [0.15, 0.2) is 0 Å². The first kappa shape index (κ1) is 25.0. The Hall–Kier alpha value is -2.70. The number of hydrogen-bond donors (Lipinski definition) is 2. The molecule has 2 aromatic carbocycles. The van der Waals surface area contributed by atoms with Crippen molar-refractivity contribution in [2.24, 2.45) is 0 Å². The molecule has 3 saturated heterocycles. The molecule has 4 unspecified atom stereocenters. The molecule has 2 amide bonds. The number of benzene rings is 2. The average molecular weight is 491 g/mol. The lowest BCUT2D eigenvalue weighted by molar-refractivity contribution is -0.136. The number of carbonyl (C=O) groups is 2. The first-order valence-electron chi connectivity index (χ1n) is 13.2. The summed E-state index contributed by atoms with van der Waals surface area (Å²) in [4.78, 5) is 25.5. The molecule has 6 heteroatoms. The zero-order valence-electron chi connectivity index (χ0n) is 21.8. The van der Waals surface area contributed by atoms with Gasteiger partial charge < -0.3 is 20.1 Å². The summed E-state index contributed by atoms with van der Waals surface area (Å²) in [5, 5.41) is 5.87. The smallest absolute Gasteiger partial charge is 0.243 e. The number of epoxide rings is 2. The fourth-order valence-electron chi connectivity index (χ4n) is 5.19. The third-order valence-corrected chi connectivity index (χ3v) is 7.91. The third kappa shape index (κ3) is 5.98. The van der Waals surface area contributed by atoms with E-state index in [1.807, 2.05) is 0 Å². The molecular weight excluding hydrogens is 452 g/mol. The highest BCUT2D eigenvalue weighted by Gasteiger charge is 2.47. The van der Waals surface area contributed by atoms with Gasteiger partial charge in [0.05, 0.1) is 23.4 Å². The van der Waals surface area contributed by atoms with Crippen molar-refractivity contribution in [3.05, 3.63) is 70.8 Å². The van der Waals surface area contributed by atoms with Crippen molar-refractivity contribution in [2.45, 2.75) is 102 Å². The van der Waals surface area contributed by atoms with Crippen molar-refractivity contribution in [3.8, 4) is 0 Å². The summed E-state index contributed by atoms with van der Waals surface area (Å²) in [5.74, 6) is -0.249. The summed E-state index contributed by atoms with van der Waals surface area (Å²) >= 11 is 0. The molecule has 0 spiro atoms. The molecule has 0 bridgehead atoms. The van der Waals surface area contributed by atoms with Crippen molar-refractivity contribution < 1.29 is 19.1 Å². The Morgan fingerprint density at radius 3 is 1.22 bits per heavy atom. The van der Waals surface area contributed by atoms with Gasteiger partial charge in [-0.15, -0.1) is 0 Å². The van der Waals surface area contributed by atoms with Crippen LogP contribution >= 0.6 is 0 Å². The van der Waals surface area contributed by atoms with Crippen LogP contribution in [0.15, 0.2) is 48.5 Å². The summed E-state index contributed by atoms with van der Waals surface area (Å²) < 4.78 is 11.3. The van der Waals surface area contributed by atoms with E-state index in [4.69, 9.17) is 9.47 Å². The van der Waals surface area contributed by atoms with E-state index in [9.17, 15) is 9.59 Å². The highest BCUT2D eigenvalue weighted by molar-refractivity contribution is 5.97. The second-order valence-corrected chi connectivity index (χ2v) is 11.7. The molecule has 0 aliphatic carbocycles. The monoisotopic (exact) mass is 490 g/mol. The minimum absolute atomic E-state index is 0.0246. The quantitative estimate of drug-likeness (QED) is 0.498. The molecule has 36 heavy (non-hydrogen) atoms. The summed E-state index contributed by atoms with van der Waals surface area (Å²) in [6.07, 6.45) is 5.66. The van der Waals surface area contributed by atoms with Gasteiger partial charge in [-0.1, -0.05) is 48.5 Å². The fraction of sp³-hybridized carbons (Fsp3) is 0.533. The molecule has 0 aromatic heterocycles. The summed E-state index contributed by atoms with van der Waals surface area (Å²) in [5.41, 5.74) is 4.65. The molecule has 0 radical (unpaired) electrons. The zero-order chi connectivity index (χ0) is 25.5. The van der Waals surface area contributed by atoms with Crippen LogP contribution in [0.3, 0.4) is 0 Å². The van der Waals surface area contributed by atoms with Crippen LogP contribution in [0, 0.1) is 0 Å². The van der Waals surface area contributed by atoms with Crippen LogP contribution in [0.2, 0.25) is 0 Å². The first-order chi connectivity index (χ1) is 17.1. The van der Waals surface area contributed by atoms with E-state index in [1.165, 1.54) is 11.1 Å². The number of ether oxygens (including phenoxy) is 2. The van der Waals surface area contributed by atoms with Gasteiger partial charge in [0.2, 0.25) is 11.8 Å². The lowest BCUT2D eigenvalue weighted by Crippen LogP contribution is -2.62. The molecule has 5 rings (SSSR count). The molecule has 4 atom stereocenters. The Kier molecular flexibility index (Phi) is 6.69. The van der Waals surface area contributed by atoms with E-state index in [1.54, 1.807) is 0 Å². The molecule has 3 aliphatic heterocycles. The Bertz CT molecular complexity index is 1020. The maximum Gasteiger partial charge on any atom is 0.243 e. The lowest BCUT2D eigenvalue weighted by Gasteiger charge is -2.30. The predicted octanol–water partition coefficient (Wildman–Crippen LogP) is 3.68. The second-order valence-electron chi connectivity index (χ2n) is 11.7. The fourth-order valence-corrected chi connectivity index (χ4v) is 5.19. The maximum absolute atomic E-state index is 12.8. The van der Waals surface area contributed by atoms with Gasteiger partial charge in [-0.05, 0) is 75.6 Å². The number of piperazine rings is 1. The molecule has 3 aliphatic rings. The van der Waals surface area contributed by atoms with Crippen LogP contribution in [0.25, 0.3) is 0 Å². The Labute approximate surface area is 214 Å². The standard InChI is InChI=1S/C30H38N2O4/c1-29(2)25(35-29)15-13-19-5-9-21(10-6-19)17-23-27(33)32-24(28(34)31-23)18-22-11-7-20(8-12-22)14-16-26-30(3,4)36-26/h5-12,23-26H,13-18H2,1-4H3,(H,31,34)(H,32,33). The van der Waals surface area contributed by atoms with Crippen molar-refractivity contribution in [1.82, 2.24) is 10.6 Å². The molecular formula is C30H38N2O4. The van der Waals surface area contributed by atoms with Gasteiger partial charge in [-0.3, -0.25) is 9.59 Å². The minimum Gasteiger partial charge on any atom is -0.367 e. The molecule has 0 saturated carbocycles. The SMILES string of the molecule is CC1(C)OC1CCc1ccc(CC2NC(=O)C(Cc3ccc(CCC4OC4(C)C)cc3)NC2=O)cc1. The maximum atomic E-state index is 12.8. The molecule has 6 nitrogen and oxygen atoms in total. The van der Waals surface area contributed by atoms with Crippen LogP contribution in [-0.4, -0.2) is 47.3 Å². The normalized spacial score (nSPS) is 27.8. The van der Waals surface area contributed by atoms with E-state index in [2.05, 4.69) is 86.9 Å². The Balaban J connectivity index is 1.08. The van der Waals surface area contributed by atoms with Crippen LogP contribution in [0.5, 0.6) is 0 Å². The second kappa shape index (κ2) is 9.64. The average Bonchev–Trinajstić information content (AvgIpc) is 3.67. The largest absolute Gasteiger partial charge is 0.367 e. The summed E-state index contributed by atoms with van der Waals surface area (Å²) in [6, 6.07) is 15.6. The van der Waals surface area contributed by atoms with Gasteiger partial charge >= 0.3 is 0 Å². The predicted molar refractivity (Wildman–Crippen MR) is 139 cm³/mol.